The van der Waals surface area contributed by atoms with Gasteiger partial charge in [0.15, 0.2) is 0 Å². The number of carboxylic acids is 1. The van der Waals surface area contributed by atoms with Crippen LogP contribution in [0.4, 0.5) is 0 Å². The lowest BCUT2D eigenvalue weighted by Crippen LogP contribution is -2.25. The second-order valence-electron chi connectivity index (χ2n) is 4.61. The molecule has 1 fully saturated rings. The Morgan fingerprint density at radius 2 is 2.29 bits per heavy atom. The SMILES string of the molecule is CCN(Cc1ccc(C(=O)O)cn1)CC1CC1. The molecule has 1 aliphatic carbocycles. The van der Waals surface area contributed by atoms with E-state index in [2.05, 4.69) is 16.8 Å². The predicted molar refractivity (Wildman–Crippen MR) is 64.9 cm³/mol. The summed E-state index contributed by atoms with van der Waals surface area (Å²) < 4.78 is 0. The number of hydrogen-bond donors (Lipinski definition) is 1. The number of carbonyl (C=O) groups is 1. The largest absolute Gasteiger partial charge is 0.478 e. The van der Waals surface area contributed by atoms with E-state index in [1.807, 2.05) is 0 Å². The number of carboxylic acid groups (broad SMARTS) is 1. The molecule has 0 saturated heterocycles. The maximum atomic E-state index is 10.7. The number of nitrogens with zero attached hydrogens (tertiary/aromatic N) is 2. The van der Waals surface area contributed by atoms with Crippen LogP contribution >= 0.6 is 0 Å². The molecule has 1 aliphatic rings. The molecular weight excluding hydrogens is 216 g/mol. The van der Waals surface area contributed by atoms with Crippen molar-refractivity contribution in [1.29, 1.82) is 0 Å². The van der Waals surface area contributed by atoms with E-state index in [0.717, 1.165) is 31.2 Å². The van der Waals surface area contributed by atoms with Gasteiger partial charge < -0.3 is 5.11 Å². The number of rotatable bonds is 6. The smallest absolute Gasteiger partial charge is 0.337 e. The fourth-order valence-corrected chi connectivity index (χ4v) is 1.84. The lowest BCUT2D eigenvalue weighted by atomic mass is 10.2. The van der Waals surface area contributed by atoms with E-state index in [0.29, 0.717) is 0 Å². The quantitative estimate of drug-likeness (QED) is 0.818. The molecule has 0 amide bonds. The van der Waals surface area contributed by atoms with E-state index in [9.17, 15) is 4.79 Å². The van der Waals surface area contributed by atoms with Gasteiger partial charge in [-0.25, -0.2) is 4.79 Å². The van der Waals surface area contributed by atoms with Crippen molar-refractivity contribution in [2.45, 2.75) is 26.3 Å². The molecule has 1 N–H and O–H groups in total. The summed E-state index contributed by atoms with van der Waals surface area (Å²) in [6, 6.07) is 3.43. The molecule has 0 radical (unpaired) electrons. The fourth-order valence-electron chi connectivity index (χ4n) is 1.84. The van der Waals surface area contributed by atoms with E-state index in [1.165, 1.54) is 19.0 Å². The van der Waals surface area contributed by atoms with Crippen molar-refractivity contribution in [2.75, 3.05) is 13.1 Å². The summed E-state index contributed by atoms with van der Waals surface area (Å²) in [6.07, 6.45) is 4.13. The summed E-state index contributed by atoms with van der Waals surface area (Å²) in [5.41, 5.74) is 1.19. The minimum Gasteiger partial charge on any atom is -0.478 e. The molecule has 1 aromatic rings. The van der Waals surface area contributed by atoms with Crippen molar-refractivity contribution in [1.82, 2.24) is 9.88 Å². The standard InChI is InChI=1S/C13H18N2O2/c1-2-15(8-10-3-4-10)9-12-6-5-11(7-14-12)13(16)17/h5-7,10H,2-4,8-9H2,1H3,(H,16,17). The van der Waals surface area contributed by atoms with Gasteiger partial charge in [-0.05, 0) is 37.4 Å². The third kappa shape index (κ3) is 3.53. The maximum Gasteiger partial charge on any atom is 0.337 e. The summed E-state index contributed by atoms with van der Waals surface area (Å²) >= 11 is 0. The Kier molecular flexibility index (Phi) is 3.74. The van der Waals surface area contributed by atoms with E-state index in [-0.39, 0.29) is 5.56 Å². The van der Waals surface area contributed by atoms with Crippen molar-refractivity contribution in [3.05, 3.63) is 29.6 Å². The molecule has 0 atom stereocenters. The van der Waals surface area contributed by atoms with Crippen molar-refractivity contribution in [2.24, 2.45) is 5.92 Å². The molecule has 4 nitrogen and oxygen atoms in total. The summed E-state index contributed by atoms with van der Waals surface area (Å²) in [5.74, 6) is -0.0531. The molecule has 0 spiro atoms. The average Bonchev–Trinajstić information content (AvgIpc) is 3.13. The Bertz CT molecular complexity index is 385. The minimum absolute atomic E-state index is 0.249. The monoisotopic (exact) mass is 234 g/mol. The van der Waals surface area contributed by atoms with Crippen molar-refractivity contribution in [3.8, 4) is 0 Å². The van der Waals surface area contributed by atoms with Crippen LogP contribution in [0.25, 0.3) is 0 Å². The lowest BCUT2D eigenvalue weighted by molar-refractivity contribution is 0.0696. The Balaban J connectivity index is 1.94. The Morgan fingerprint density at radius 3 is 2.76 bits per heavy atom. The van der Waals surface area contributed by atoms with Gasteiger partial charge in [-0.2, -0.15) is 0 Å². The van der Waals surface area contributed by atoms with Crippen LogP contribution in [0.3, 0.4) is 0 Å². The Morgan fingerprint density at radius 1 is 1.53 bits per heavy atom. The zero-order valence-electron chi connectivity index (χ0n) is 10.1. The highest BCUT2D eigenvalue weighted by atomic mass is 16.4. The summed E-state index contributed by atoms with van der Waals surface area (Å²) in [4.78, 5) is 17.2. The van der Waals surface area contributed by atoms with Crippen LogP contribution in [0, 0.1) is 5.92 Å². The van der Waals surface area contributed by atoms with Gasteiger partial charge in [0.1, 0.15) is 0 Å². The van der Waals surface area contributed by atoms with E-state index < -0.39 is 5.97 Å². The molecule has 0 unspecified atom stereocenters. The lowest BCUT2D eigenvalue weighted by Gasteiger charge is -2.19. The van der Waals surface area contributed by atoms with Crippen LogP contribution in [0.15, 0.2) is 18.3 Å². The highest BCUT2D eigenvalue weighted by Gasteiger charge is 2.23. The highest BCUT2D eigenvalue weighted by Crippen LogP contribution is 2.29. The zero-order valence-corrected chi connectivity index (χ0v) is 10.1. The number of pyridine rings is 1. The Labute approximate surface area is 101 Å². The first-order valence-corrected chi connectivity index (χ1v) is 6.09. The van der Waals surface area contributed by atoms with E-state index >= 15 is 0 Å². The number of aromatic carboxylic acids is 1. The van der Waals surface area contributed by atoms with Crippen LogP contribution in [0.1, 0.15) is 35.8 Å². The zero-order chi connectivity index (χ0) is 12.3. The molecule has 92 valence electrons. The number of hydrogen-bond acceptors (Lipinski definition) is 3. The molecule has 1 saturated carbocycles. The predicted octanol–water partition coefficient (Wildman–Crippen LogP) is 2.01. The molecule has 4 heteroatoms. The first-order valence-electron chi connectivity index (χ1n) is 6.09. The van der Waals surface area contributed by atoms with Crippen LogP contribution in [-0.4, -0.2) is 34.0 Å². The topological polar surface area (TPSA) is 53.4 Å². The van der Waals surface area contributed by atoms with Gasteiger partial charge in [0, 0.05) is 19.3 Å². The second-order valence-corrected chi connectivity index (χ2v) is 4.61. The molecule has 0 bridgehead atoms. The second kappa shape index (κ2) is 5.27. The van der Waals surface area contributed by atoms with E-state index in [1.54, 1.807) is 12.1 Å². The van der Waals surface area contributed by atoms with Gasteiger partial charge in [0.2, 0.25) is 0 Å². The van der Waals surface area contributed by atoms with Gasteiger partial charge in [-0.15, -0.1) is 0 Å². The molecule has 1 aromatic heterocycles. The fraction of sp³-hybridized carbons (Fsp3) is 0.538. The molecule has 0 aromatic carbocycles. The summed E-state index contributed by atoms with van der Waals surface area (Å²) in [5, 5.41) is 8.78. The van der Waals surface area contributed by atoms with Gasteiger partial charge in [0.05, 0.1) is 11.3 Å². The Hall–Kier alpha value is -1.42. The molecular formula is C13H18N2O2. The van der Waals surface area contributed by atoms with Crippen molar-refractivity contribution >= 4 is 5.97 Å². The van der Waals surface area contributed by atoms with Crippen LogP contribution < -0.4 is 0 Å². The normalized spacial score (nSPS) is 15.2. The van der Waals surface area contributed by atoms with Gasteiger partial charge in [-0.1, -0.05) is 6.92 Å². The molecule has 17 heavy (non-hydrogen) atoms. The molecule has 2 rings (SSSR count). The van der Waals surface area contributed by atoms with Crippen LogP contribution in [-0.2, 0) is 6.54 Å². The van der Waals surface area contributed by atoms with Gasteiger partial charge in [-0.3, -0.25) is 9.88 Å². The molecule has 0 aliphatic heterocycles. The minimum atomic E-state index is -0.922. The van der Waals surface area contributed by atoms with E-state index in [4.69, 9.17) is 5.11 Å². The number of aromatic nitrogens is 1. The van der Waals surface area contributed by atoms with Crippen molar-refractivity contribution < 1.29 is 9.90 Å². The molecule has 1 heterocycles. The van der Waals surface area contributed by atoms with Gasteiger partial charge in [0.25, 0.3) is 0 Å². The summed E-state index contributed by atoms with van der Waals surface area (Å²) in [7, 11) is 0. The first-order chi connectivity index (χ1) is 8.19. The van der Waals surface area contributed by atoms with Crippen LogP contribution in [0.5, 0.6) is 0 Å². The average molecular weight is 234 g/mol. The van der Waals surface area contributed by atoms with Crippen LogP contribution in [0.2, 0.25) is 0 Å². The first kappa shape index (κ1) is 12.0. The third-order valence-electron chi connectivity index (χ3n) is 3.12. The third-order valence-corrected chi connectivity index (χ3v) is 3.12. The van der Waals surface area contributed by atoms with Gasteiger partial charge >= 0.3 is 5.97 Å². The maximum absolute atomic E-state index is 10.7. The van der Waals surface area contributed by atoms with Crippen molar-refractivity contribution in [3.63, 3.8) is 0 Å². The summed E-state index contributed by atoms with van der Waals surface area (Å²) in [6.45, 7) is 5.11. The highest BCUT2D eigenvalue weighted by molar-refractivity contribution is 5.87.